The number of aromatic hydroxyl groups is 1. The van der Waals surface area contributed by atoms with Gasteiger partial charge in [0.15, 0.2) is 5.78 Å². The molecule has 0 amide bonds. The minimum absolute atomic E-state index is 0.0182. The Morgan fingerprint density at radius 3 is 2.47 bits per heavy atom. The molecule has 16 heteroatoms. The van der Waals surface area contributed by atoms with Crippen molar-refractivity contribution in [2.24, 2.45) is 0 Å². The summed E-state index contributed by atoms with van der Waals surface area (Å²) in [5.74, 6) is -2.96. The van der Waals surface area contributed by atoms with Crippen LogP contribution in [0, 0.1) is 0 Å². The molecule has 2 atom stereocenters. The van der Waals surface area contributed by atoms with Crippen LogP contribution in [0.15, 0.2) is 29.1 Å². The van der Waals surface area contributed by atoms with E-state index in [4.69, 9.17) is 43.2 Å². The van der Waals surface area contributed by atoms with Crippen LogP contribution in [0.5, 0.6) is 5.75 Å². The number of hydrogen-bond acceptors (Lipinski definition) is 14. The van der Waals surface area contributed by atoms with Crippen LogP contribution in [-0.4, -0.2) is 110 Å². The number of benzene rings is 1. The van der Waals surface area contributed by atoms with Gasteiger partial charge in [-0.15, -0.1) is 0 Å². The third-order valence-corrected chi connectivity index (χ3v) is 9.10. The topological polar surface area (TPSA) is 208 Å². The molecule has 3 aromatic rings. The van der Waals surface area contributed by atoms with Crippen molar-refractivity contribution in [2.75, 3.05) is 60.0 Å². The van der Waals surface area contributed by atoms with Gasteiger partial charge in [-0.2, -0.15) is 0 Å². The van der Waals surface area contributed by atoms with Crippen LogP contribution in [0.2, 0.25) is 0 Å². The number of carbonyl (C=O) groups is 4. The number of ketones is 1. The monoisotopic (exact) mass is 740 g/mol. The Morgan fingerprint density at radius 2 is 1.74 bits per heavy atom. The first-order chi connectivity index (χ1) is 25.5. The molecule has 1 unspecified atom stereocenters. The van der Waals surface area contributed by atoms with Crippen molar-refractivity contribution in [3.05, 3.63) is 56.9 Å². The first kappa shape index (κ1) is 39.5. The molecule has 0 radical (unpaired) electrons. The smallest absolute Gasteiger partial charge is 0.355 e. The Kier molecular flexibility index (Phi) is 13.3. The molecule has 4 heterocycles. The van der Waals surface area contributed by atoms with Crippen LogP contribution >= 0.6 is 0 Å². The highest BCUT2D eigenvalue weighted by Gasteiger charge is 2.50. The summed E-state index contributed by atoms with van der Waals surface area (Å²) in [5.41, 5.74) is 1.64. The average molecular weight is 741 g/mol. The molecule has 286 valence electrons. The summed E-state index contributed by atoms with van der Waals surface area (Å²) in [4.78, 5) is 68.3. The predicted molar refractivity (Wildman–Crippen MR) is 185 cm³/mol. The van der Waals surface area contributed by atoms with E-state index in [1.54, 1.807) is 35.8 Å². The van der Waals surface area contributed by atoms with Crippen molar-refractivity contribution < 1.29 is 62.5 Å². The Morgan fingerprint density at radius 1 is 0.981 bits per heavy atom. The maximum Gasteiger partial charge on any atom is 0.355 e. The maximum atomic E-state index is 13.9. The number of esters is 2. The second-order valence-electron chi connectivity index (χ2n) is 12.6. The number of nitrogens with zero attached hydrogens (tertiary/aromatic N) is 2. The number of carboxylic acids is 1. The number of aliphatic carboxylic acids is 1. The Labute approximate surface area is 304 Å². The molecule has 0 spiro atoms. The standard InChI is InChI=1S/C37H44N2O14/c1-4-25-26-14-22(40)6-8-30(26)38-34-27(25)16-39-31(34)15-29-28(35(39)45)20-52-36(46)37(29,5-2)53-33(44)9-7-23(41)17-48-12-13-51-24(18-47-3)19-49-10-11-50-21-32(42)43/h6,8,14-15,24,40H,4-5,7,9-13,16-21H2,1-3H3,(H,42,43)/t24?,37-/m0/s1. The number of pyridine rings is 2. The predicted octanol–water partition coefficient (Wildman–Crippen LogP) is 2.41. The van der Waals surface area contributed by atoms with Crippen molar-refractivity contribution in [3.63, 3.8) is 0 Å². The molecule has 0 fully saturated rings. The quantitative estimate of drug-likeness (QED) is 0.0929. The van der Waals surface area contributed by atoms with Gasteiger partial charge in [-0.05, 0) is 42.7 Å². The van der Waals surface area contributed by atoms with E-state index in [1.807, 2.05) is 6.92 Å². The number of aryl methyl sites for hydroxylation is 1. The molecule has 2 N–H and O–H groups in total. The number of rotatable bonds is 21. The largest absolute Gasteiger partial charge is 0.508 e. The number of fused-ring (bicyclic) bond motifs is 5. The Hall–Kier alpha value is -4.74. The highest BCUT2D eigenvalue weighted by atomic mass is 16.6. The first-order valence-corrected chi connectivity index (χ1v) is 17.4. The summed E-state index contributed by atoms with van der Waals surface area (Å²) in [7, 11) is 1.50. The van der Waals surface area contributed by atoms with E-state index >= 15 is 0 Å². The second kappa shape index (κ2) is 17.9. The van der Waals surface area contributed by atoms with Gasteiger partial charge < -0.3 is 47.9 Å². The van der Waals surface area contributed by atoms with E-state index in [0.717, 1.165) is 16.5 Å². The molecule has 1 aromatic carbocycles. The zero-order valence-corrected chi connectivity index (χ0v) is 30.0. The van der Waals surface area contributed by atoms with Crippen LogP contribution in [0.4, 0.5) is 0 Å². The van der Waals surface area contributed by atoms with Crippen molar-refractivity contribution >= 4 is 34.6 Å². The number of Topliss-reactive ketones (excluding diaryl/α,β-unsaturated/α-hetero) is 1. The molecule has 5 rings (SSSR count). The summed E-state index contributed by atoms with van der Waals surface area (Å²) in [6, 6.07) is 6.59. The number of ether oxygens (including phenoxy) is 7. The van der Waals surface area contributed by atoms with Gasteiger partial charge in [-0.25, -0.2) is 14.6 Å². The lowest BCUT2D eigenvalue weighted by Gasteiger charge is -2.35. The Bertz CT molecular complexity index is 1910. The summed E-state index contributed by atoms with van der Waals surface area (Å²) in [6.07, 6.45) is -0.361. The normalized spacial score (nSPS) is 16.5. The zero-order valence-electron chi connectivity index (χ0n) is 30.0. The van der Waals surface area contributed by atoms with Crippen molar-refractivity contribution in [3.8, 4) is 17.1 Å². The molecule has 16 nitrogen and oxygen atoms in total. The maximum absolute atomic E-state index is 13.9. The molecule has 0 aliphatic carbocycles. The number of phenolic OH excluding ortho intramolecular Hbond substituents is 1. The van der Waals surface area contributed by atoms with Crippen LogP contribution in [0.1, 0.15) is 55.4 Å². The van der Waals surface area contributed by atoms with E-state index in [9.17, 15) is 29.1 Å². The van der Waals surface area contributed by atoms with Crippen molar-refractivity contribution in [1.29, 1.82) is 0 Å². The Balaban J connectivity index is 1.18. The van der Waals surface area contributed by atoms with E-state index in [2.05, 4.69) is 0 Å². The lowest BCUT2D eigenvalue weighted by molar-refractivity contribution is -0.189. The van der Waals surface area contributed by atoms with E-state index < -0.39 is 36.2 Å². The molecule has 53 heavy (non-hydrogen) atoms. The number of methoxy groups -OCH3 is 1. The van der Waals surface area contributed by atoms with Gasteiger partial charge in [0.05, 0.1) is 75.1 Å². The fraction of sp³-hybridized carbons (Fsp3) is 0.514. The van der Waals surface area contributed by atoms with Crippen LogP contribution in [-0.2, 0) is 77.5 Å². The van der Waals surface area contributed by atoms with Gasteiger partial charge >= 0.3 is 17.9 Å². The minimum atomic E-state index is -1.90. The highest BCUT2D eigenvalue weighted by molar-refractivity contribution is 5.91. The van der Waals surface area contributed by atoms with Crippen molar-refractivity contribution in [2.45, 2.75) is 64.4 Å². The summed E-state index contributed by atoms with van der Waals surface area (Å²) >= 11 is 0. The molecule has 2 aromatic heterocycles. The third kappa shape index (κ3) is 8.91. The molecule has 2 aliphatic heterocycles. The SMILES string of the molecule is CCc1c2c(nc3ccc(O)cc13)-c1cc3c(c(=O)n1C2)COC(=O)[C@@]3(CC)OC(=O)CCC(=O)COCCOC(COC)COCCOCC(=O)O. The fourth-order valence-corrected chi connectivity index (χ4v) is 6.55. The molecule has 0 bridgehead atoms. The highest BCUT2D eigenvalue weighted by Crippen LogP contribution is 2.42. The number of aromatic nitrogens is 2. The van der Waals surface area contributed by atoms with E-state index in [-0.39, 0.29) is 107 Å². The van der Waals surface area contributed by atoms with E-state index in [0.29, 0.717) is 23.3 Å². The lowest BCUT2D eigenvalue weighted by atomic mass is 9.85. The van der Waals surface area contributed by atoms with Gasteiger partial charge in [-0.1, -0.05) is 13.8 Å². The van der Waals surface area contributed by atoms with Crippen LogP contribution in [0.25, 0.3) is 22.3 Å². The fourth-order valence-electron chi connectivity index (χ4n) is 6.55. The lowest BCUT2D eigenvalue weighted by Crippen LogP contribution is -2.47. The van der Waals surface area contributed by atoms with Crippen LogP contribution < -0.4 is 5.56 Å². The number of hydrogen-bond donors (Lipinski definition) is 2. The first-order valence-electron chi connectivity index (χ1n) is 17.4. The van der Waals surface area contributed by atoms with Gasteiger partial charge in [0.1, 0.15) is 31.7 Å². The molecule has 0 saturated carbocycles. The van der Waals surface area contributed by atoms with Gasteiger partial charge in [0.25, 0.3) is 5.56 Å². The average Bonchev–Trinajstić information content (AvgIpc) is 3.50. The van der Waals surface area contributed by atoms with Gasteiger partial charge in [0.2, 0.25) is 5.60 Å². The van der Waals surface area contributed by atoms with Gasteiger partial charge in [0, 0.05) is 30.0 Å². The van der Waals surface area contributed by atoms with Gasteiger partial charge in [-0.3, -0.25) is 14.4 Å². The number of carboxylic acid groups (broad SMARTS) is 1. The molecular weight excluding hydrogens is 696 g/mol. The third-order valence-electron chi connectivity index (χ3n) is 9.10. The molecular formula is C37H44N2O14. The number of cyclic esters (lactones) is 1. The molecule has 2 aliphatic rings. The van der Waals surface area contributed by atoms with Crippen LogP contribution in [0.3, 0.4) is 0 Å². The summed E-state index contributed by atoms with van der Waals surface area (Å²) in [5, 5.41) is 19.5. The number of phenols is 1. The summed E-state index contributed by atoms with van der Waals surface area (Å²) < 4.78 is 39.3. The van der Waals surface area contributed by atoms with E-state index in [1.165, 1.54) is 7.11 Å². The molecule has 0 saturated heterocycles. The minimum Gasteiger partial charge on any atom is -0.508 e. The number of carbonyl (C=O) groups excluding carboxylic acids is 3. The summed E-state index contributed by atoms with van der Waals surface area (Å²) in [6.45, 7) is 3.82. The second-order valence-corrected chi connectivity index (χ2v) is 12.6. The van der Waals surface area contributed by atoms with Crippen molar-refractivity contribution in [1.82, 2.24) is 9.55 Å². The zero-order chi connectivity index (χ0) is 38.1.